The lowest BCUT2D eigenvalue weighted by molar-refractivity contribution is 0.302. The largest absolute Gasteiger partial charge is 0.305 e. The molecule has 102 valence electrons. The van der Waals surface area contributed by atoms with Gasteiger partial charge in [-0.25, -0.2) is 13.1 Å². The number of hydrogen-bond acceptors (Lipinski definition) is 5. The molecule has 0 spiro atoms. The molecule has 1 unspecified atom stereocenters. The molecule has 1 aromatic heterocycles. The van der Waals surface area contributed by atoms with Crippen LogP contribution in [-0.4, -0.2) is 65.8 Å². The number of aromatic nitrogens is 3. The highest BCUT2D eigenvalue weighted by molar-refractivity contribution is 9.10. The van der Waals surface area contributed by atoms with Crippen LogP contribution < -0.4 is 0 Å². The average molecular weight is 338 g/mol. The zero-order valence-corrected chi connectivity index (χ0v) is 12.9. The third-order valence-corrected chi connectivity index (χ3v) is 5.93. The van der Waals surface area contributed by atoms with E-state index in [4.69, 9.17) is 0 Å². The fourth-order valence-electron chi connectivity index (χ4n) is 2.07. The van der Waals surface area contributed by atoms with Gasteiger partial charge in [0.1, 0.15) is 0 Å². The van der Waals surface area contributed by atoms with Gasteiger partial charge in [0.05, 0.1) is 0 Å². The molecule has 7 nitrogen and oxygen atoms in total. The van der Waals surface area contributed by atoms with Crippen LogP contribution in [0.1, 0.15) is 6.42 Å². The predicted octanol–water partition coefficient (Wildman–Crippen LogP) is -0.0978. The van der Waals surface area contributed by atoms with Gasteiger partial charge in [-0.05, 0) is 36.4 Å². The molecular formula is C9H16BrN5O2S. The van der Waals surface area contributed by atoms with E-state index in [1.165, 1.54) is 8.99 Å². The van der Waals surface area contributed by atoms with Crippen molar-refractivity contribution in [2.24, 2.45) is 7.05 Å². The Morgan fingerprint density at radius 1 is 1.44 bits per heavy atom. The molecule has 0 amide bonds. The lowest BCUT2D eigenvalue weighted by Gasteiger charge is -2.20. The lowest BCUT2D eigenvalue weighted by Crippen LogP contribution is -2.35. The van der Waals surface area contributed by atoms with Crippen molar-refractivity contribution in [3.05, 3.63) is 4.60 Å². The van der Waals surface area contributed by atoms with Gasteiger partial charge >= 0.3 is 0 Å². The van der Waals surface area contributed by atoms with Crippen LogP contribution in [0.15, 0.2) is 9.63 Å². The van der Waals surface area contributed by atoms with Crippen molar-refractivity contribution in [3.8, 4) is 0 Å². The summed E-state index contributed by atoms with van der Waals surface area (Å²) in [7, 11) is 1.97. The van der Waals surface area contributed by atoms with Crippen molar-refractivity contribution in [3.63, 3.8) is 0 Å². The lowest BCUT2D eigenvalue weighted by atomic mass is 10.2. The molecular weight excluding hydrogens is 322 g/mol. The van der Waals surface area contributed by atoms with E-state index in [2.05, 4.69) is 26.2 Å². The average Bonchev–Trinajstić information content (AvgIpc) is 2.85. The van der Waals surface area contributed by atoms with Crippen LogP contribution in [0.2, 0.25) is 0 Å². The Labute approximate surface area is 115 Å². The third-order valence-electron chi connectivity index (χ3n) is 3.18. The van der Waals surface area contributed by atoms with Gasteiger partial charge in [-0.2, -0.15) is 4.31 Å². The van der Waals surface area contributed by atoms with Crippen molar-refractivity contribution in [2.45, 2.75) is 17.5 Å². The maximum atomic E-state index is 12.5. The number of aryl methyl sites for hydroxylation is 1. The molecule has 1 fully saturated rings. The molecule has 0 aromatic carbocycles. The molecule has 0 bridgehead atoms. The van der Waals surface area contributed by atoms with Gasteiger partial charge in [0.2, 0.25) is 5.03 Å². The van der Waals surface area contributed by atoms with E-state index in [0.29, 0.717) is 13.1 Å². The van der Waals surface area contributed by atoms with E-state index in [0.717, 1.165) is 6.42 Å². The first-order valence-electron chi connectivity index (χ1n) is 5.56. The first-order chi connectivity index (χ1) is 8.34. The van der Waals surface area contributed by atoms with Gasteiger partial charge in [0.15, 0.2) is 4.60 Å². The summed E-state index contributed by atoms with van der Waals surface area (Å²) < 4.78 is 28.0. The summed E-state index contributed by atoms with van der Waals surface area (Å²) in [6.45, 7) is 1.04. The summed E-state index contributed by atoms with van der Waals surface area (Å²) >= 11 is 3.13. The van der Waals surface area contributed by atoms with Gasteiger partial charge in [0, 0.05) is 26.2 Å². The fourth-order valence-corrected chi connectivity index (χ4v) is 4.59. The molecule has 2 rings (SSSR count). The molecule has 0 saturated carbocycles. The summed E-state index contributed by atoms with van der Waals surface area (Å²) in [4.78, 5) is 2.05. The summed E-state index contributed by atoms with van der Waals surface area (Å²) in [6.07, 6.45) is 0.842. The van der Waals surface area contributed by atoms with E-state index in [-0.39, 0.29) is 15.7 Å². The van der Waals surface area contributed by atoms with Crippen molar-refractivity contribution >= 4 is 26.0 Å². The zero-order valence-electron chi connectivity index (χ0n) is 10.5. The van der Waals surface area contributed by atoms with E-state index in [9.17, 15) is 8.42 Å². The predicted molar refractivity (Wildman–Crippen MR) is 69.6 cm³/mol. The molecule has 0 N–H and O–H groups in total. The van der Waals surface area contributed by atoms with E-state index < -0.39 is 10.0 Å². The third kappa shape index (κ3) is 2.31. The van der Waals surface area contributed by atoms with Crippen LogP contribution in [0.5, 0.6) is 0 Å². The molecule has 1 aliphatic rings. The second kappa shape index (κ2) is 4.87. The SMILES string of the molecule is CN(C)C1CCN(S(=O)(=O)c2c(Br)nnn2C)C1. The highest BCUT2D eigenvalue weighted by Gasteiger charge is 2.36. The Morgan fingerprint density at radius 3 is 2.56 bits per heavy atom. The minimum atomic E-state index is -3.53. The number of likely N-dealkylation sites (N-methyl/N-ethyl adjacent to an activating group) is 1. The first-order valence-corrected chi connectivity index (χ1v) is 7.79. The van der Waals surface area contributed by atoms with Crippen LogP contribution in [-0.2, 0) is 17.1 Å². The van der Waals surface area contributed by atoms with Crippen LogP contribution in [0.4, 0.5) is 0 Å². The topological polar surface area (TPSA) is 71.3 Å². The standard InChI is InChI=1S/C9H16BrN5O2S/c1-13(2)7-4-5-15(6-7)18(16,17)9-8(10)11-12-14(9)3/h7H,4-6H2,1-3H3. The summed E-state index contributed by atoms with van der Waals surface area (Å²) in [5.41, 5.74) is 0. The fraction of sp³-hybridized carbons (Fsp3) is 0.778. The number of nitrogens with zero attached hydrogens (tertiary/aromatic N) is 5. The maximum absolute atomic E-state index is 12.5. The second-order valence-corrected chi connectivity index (χ2v) is 7.18. The van der Waals surface area contributed by atoms with Crippen LogP contribution >= 0.6 is 15.9 Å². The number of hydrogen-bond donors (Lipinski definition) is 0. The highest BCUT2D eigenvalue weighted by atomic mass is 79.9. The molecule has 18 heavy (non-hydrogen) atoms. The van der Waals surface area contributed by atoms with Gasteiger partial charge in [-0.3, -0.25) is 0 Å². The molecule has 1 atom stereocenters. The molecule has 1 aromatic rings. The molecule has 1 saturated heterocycles. The Kier molecular flexibility index (Phi) is 3.77. The molecule has 9 heteroatoms. The van der Waals surface area contributed by atoms with Crippen LogP contribution in [0.3, 0.4) is 0 Å². The van der Waals surface area contributed by atoms with E-state index in [1.54, 1.807) is 7.05 Å². The van der Waals surface area contributed by atoms with Crippen molar-refractivity contribution in [2.75, 3.05) is 27.2 Å². The Morgan fingerprint density at radius 2 is 2.11 bits per heavy atom. The first kappa shape index (κ1) is 13.9. The maximum Gasteiger partial charge on any atom is 0.263 e. The smallest absolute Gasteiger partial charge is 0.263 e. The highest BCUT2D eigenvalue weighted by Crippen LogP contribution is 2.26. The molecule has 0 aliphatic carbocycles. The summed E-state index contributed by atoms with van der Waals surface area (Å²) in [5.74, 6) is 0. The van der Waals surface area contributed by atoms with Gasteiger partial charge in [-0.15, -0.1) is 5.10 Å². The number of sulfonamides is 1. The minimum absolute atomic E-state index is 0.113. The molecule has 0 radical (unpaired) electrons. The Balaban J connectivity index is 2.29. The van der Waals surface area contributed by atoms with Gasteiger partial charge in [-0.1, -0.05) is 5.21 Å². The van der Waals surface area contributed by atoms with Crippen molar-refractivity contribution < 1.29 is 8.42 Å². The van der Waals surface area contributed by atoms with Crippen molar-refractivity contribution in [1.82, 2.24) is 24.2 Å². The second-order valence-electron chi connectivity index (χ2n) is 4.58. The molecule has 1 aliphatic heterocycles. The normalized spacial score (nSPS) is 21.9. The molecule has 2 heterocycles. The van der Waals surface area contributed by atoms with E-state index in [1.807, 2.05) is 19.0 Å². The van der Waals surface area contributed by atoms with E-state index >= 15 is 0 Å². The van der Waals surface area contributed by atoms with Gasteiger partial charge < -0.3 is 4.90 Å². The summed E-state index contributed by atoms with van der Waals surface area (Å²) in [5, 5.41) is 7.55. The quantitative estimate of drug-likeness (QED) is 0.770. The van der Waals surface area contributed by atoms with Crippen LogP contribution in [0.25, 0.3) is 0 Å². The Bertz CT molecular complexity index is 522. The monoisotopic (exact) mass is 337 g/mol. The zero-order chi connectivity index (χ0) is 13.5. The number of rotatable bonds is 3. The summed E-state index contributed by atoms with van der Waals surface area (Å²) in [6, 6.07) is 0.264. The minimum Gasteiger partial charge on any atom is -0.305 e. The van der Waals surface area contributed by atoms with Crippen molar-refractivity contribution in [1.29, 1.82) is 0 Å². The van der Waals surface area contributed by atoms with Crippen LogP contribution in [0, 0.1) is 0 Å². The number of halogens is 1. The van der Waals surface area contributed by atoms with Gasteiger partial charge in [0.25, 0.3) is 10.0 Å². The Hall–Kier alpha value is -0.510.